The van der Waals surface area contributed by atoms with Crippen LogP contribution in [0.3, 0.4) is 0 Å². The fourth-order valence-electron chi connectivity index (χ4n) is 3.99. The molecule has 0 bridgehead atoms. The number of anilines is 1. The summed E-state index contributed by atoms with van der Waals surface area (Å²) in [4.78, 5) is 13.2. The lowest BCUT2D eigenvalue weighted by atomic mass is 9.80. The van der Waals surface area contributed by atoms with E-state index in [1.54, 1.807) is 7.11 Å². The Morgan fingerprint density at radius 2 is 1.80 bits per heavy atom. The van der Waals surface area contributed by atoms with Crippen LogP contribution in [0.5, 0.6) is 5.75 Å². The maximum atomic E-state index is 13.2. The number of benzene rings is 2. The highest BCUT2D eigenvalue weighted by atomic mass is 16.5. The molecule has 1 saturated carbocycles. The fraction of sp³-hybridized carbons (Fsp3) is 0.333. The molecule has 0 spiro atoms. The minimum absolute atomic E-state index is 0.00400. The zero-order valence-electron chi connectivity index (χ0n) is 17.2. The monoisotopic (exact) mass is 405 g/mol. The maximum absolute atomic E-state index is 13.2. The summed E-state index contributed by atoms with van der Waals surface area (Å²) in [6, 6.07) is 19.4. The molecule has 4 rings (SSSR count). The summed E-state index contributed by atoms with van der Waals surface area (Å²) >= 11 is 0. The second kappa shape index (κ2) is 9.03. The van der Waals surface area contributed by atoms with Crippen molar-refractivity contribution in [1.82, 2.24) is 10.5 Å². The smallest absolute Gasteiger partial charge is 0.246 e. The first-order valence-electron chi connectivity index (χ1n) is 10.4. The van der Waals surface area contributed by atoms with E-state index < -0.39 is 5.54 Å². The number of nitrogens with one attached hydrogen (secondary N) is 2. The van der Waals surface area contributed by atoms with E-state index in [2.05, 4.69) is 15.8 Å². The van der Waals surface area contributed by atoms with Crippen LogP contribution in [-0.2, 0) is 11.3 Å². The maximum Gasteiger partial charge on any atom is 0.246 e. The van der Waals surface area contributed by atoms with Gasteiger partial charge in [-0.05, 0) is 37.1 Å². The van der Waals surface area contributed by atoms with Crippen LogP contribution >= 0.6 is 0 Å². The number of rotatable bonds is 7. The first-order chi connectivity index (χ1) is 14.7. The molecular formula is C24H27N3O3. The summed E-state index contributed by atoms with van der Waals surface area (Å²) in [5, 5.41) is 10.7. The molecule has 0 radical (unpaired) electrons. The summed E-state index contributed by atoms with van der Waals surface area (Å²) in [7, 11) is 1.64. The number of carbonyl (C=O) groups is 1. The van der Waals surface area contributed by atoms with Gasteiger partial charge in [-0.2, -0.15) is 0 Å². The van der Waals surface area contributed by atoms with Gasteiger partial charge < -0.3 is 19.9 Å². The van der Waals surface area contributed by atoms with Crippen LogP contribution in [0, 0.1) is 0 Å². The molecule has 1 aromatic heterocycles. The number of hydrogen-bond donors (Lipinski definition) is 2. The van der Waals surface area contributed by atoms with E-state index in [0.29, 0.717) is 12.3 Å². The molecule has 6 nitrogen and oxygen atoms in total. The molecule has 3 aromatic rings. The number of nitrogens with zero attached hydrogens (tertiary/aromatic N) is 1. The lowest BCUT2D eigenvalue weighted by molar-refractivity contribution is -0.126. The Labute approximate surface area is 176 Å². The van der Waals surface area contributed by atoms with E-state index in [0.717, 1.165) is 54.8 Å². The average Bonchev–Trinajstić information content (AvgIpc) is 3.28. The Morgan fingerprint density at radius 1 is 1.07 bits per heavy atom. The van der Waals surface area contributed by atoms with Gasteiger partial charge in [0.05, 0.1) is 13.7 Å². The van der Waals surface area contributed by atoms with Crippen LogP contribution in [0.1, 0.15) is 37.9 Å². The highest BCUT2D eigenvalue weighted by Crippen LogP contribution is 2.33. The van der Waals surface area contributed by atoms with Crippen molar-refractivity contribution in [3.8, 4) is 17.0 Å². The SMILES string of the molecule is COc1ccc(NC2(C(=O)NCc3cc(-c4ccccc4)no3)CCCCC2)cc1. The summed E-state index contributed by atoms with van der Waals surface area (Å²) in [6.07, 6.45) is 4.81. The molecule has 2 aromatic carbocycles. The third-order valence-electron chi connectivity index (χ3n) is 5.67. The molecule has 1 heterocycles. The number of amides is 1. The molecule has 0 saturated heterocycles. The van der Waals surface area contributed by atoms with Gasteiger partial charge in [0.15, 0.2) is 5.76 Å². The minimum atomic E-state index is -0.616. The van der Waals surface area contributed by atoms with Crippen LogP contribution < -0.4 is 15.4 Å². The Bertz CT molecular complexity index is 961. The highest BCUT2D eigenvalue weighted by Gasteiger charge is 2.39. The highest BCUT2D eigenvalue weighted by molar-refractivity contribution is 5.89. The van der Waals surface area contributed by atoms with E-state index in [1.165, 1.54) is 0 Å². The van der Waals surface area contributed by atoms with Gasteiger partial charge in [-0.25, -0.2) is 0 Å². The number of methoxy groups -OCH3 is 1. The number of carbonyl (C=O) groups excluding carboxylic acids is 1. The van der Waals surface area contributed by atoms with Crippen molar-refractivity contribution in [2.45, 2.75) is 44.2 Å². The molecule has 2 N–H and O–H groups in total. The Hall–Kier alpha value is -3.28. The molecule has 156 valence electrons. The average molecular weight is 405 g/mol. The predicted molar refractivity (Wildman–Crippen MR) is 116 cm³/mol. The molecule has 0 atom stereocenters. The third-order valence-corrected chi connectivity index (χ3v) is 5.67. The minimum Gasteiger partial charge on any atom is -0.497 e. The van der Waals surface area contributed by atoms with Crippen LogP contribution in [0.2, 0.25) is 0 Å². The predicted octanol–water partition coefficient (Wildman–Crippen LogP) is 4.78. The van der Waals surface area contributed by atoms with Gasteiger partial charge in [-0.3, -0.25) is 4.79 Å². The molecule has 1 amide bonds. The second-order valence-corrected chi connectivity index (χ2v) is 7.72. The third kappa shape index (κ3) is 4.48. The molecule has 1 aliphatic carbocycles. The second-order valence-electron chi connectivity index (χ2n) is 7.72. The molecule has 1 aliphatic rings. The standard InChI is InChI=1S/C24H27N3O3/c1-29-20-12-10-19(11-13-20)26-24(14-6-3-7-15-24)23(28)25-17-21-16-22(27-30-21)18-8-4-2-5-9-18/h2,4-5,8-13,16,26H,3,6-7,14-15,17H2,1H3,(H,25,28). The molecule has 6 heteroatoms. The summed E-state index contributed by atoms with van der Waals surface area (Å²) in [5.41, 5.74) is 2.06. The van der Waals surface area contributed by atoms with E-state index in [4.69, 9.17) is 9.26 Å². The van der Waals surface area contributed by atoms with Gasteiger partial charge in [0.1, 0.15) is 17.0 Å². The van der Waals surface area contributed by atoms with Gasteiger partial charge in [0.2, 0.25) is 5.91 Å². The Balaban J connectivity index is 1.44. The molecular weight excluding hydrogens is 378 g/mol. The summed E-state index contributed by atoms with van der Waals surface area (Å²) in [6.45, 7) is 0.310. The van der Waals surface area contributed by atoms with E-state index in [1.807, 2.05) is 60.7 Å². The number of hydrogen-bond acceptors (Lipinski definition) is 5. The molecule has 0 aliphatic heterocycles. The normalized spacial score (nSPS) is 15.4. The van der Waals surface area contributed by atoms with E-state index in [9.17, 15) is 4.79 Å². The summed E-state index contributed by atoms with van der Waals surface area (Å²) < 4.78 is 10.7. The van der Waals surface area contributed by atoms with Crippen molar-refractivity contribution >= 4 is 11.6 Å². The topological polar surface area (TPSA) is 76.4 Å². The van der Waals surface area contributed by atoms with Gasteiger partial charge >= 0.3 is 0 Å². The van der Waals surface area contributed by atoms with Crippen molar-refractivity contribution in [2.75, 3.05) is 12.4 Å². The molecule has 30 heavy (non-hydrogen) atoms. The van der Waals surface area contributed by atoms with Crippen LogP contribution in [0.4, 0.5) is 5.69 Å². The van der Waals surface area contributed by atoms with Gasteiger partial charge in [-0.15, -0.1) is 0 Å². The number of ether oxygens (including phenoxy) is 1. The van der Waals surface area contributed by atoms with Gasteiger partial charge in [0, 0.05) is 17.3 Å². The molecule has 0 unspecified atom stereocenters. The lowest BCUT2D eigenvalue weighted by Crippen LogP contribution is -2.53. The van der Waals surface area contributed by atoms with E-state index in [-0.39, 0.29) is 5.91 Å². The van der Waals surface area contributed by atoms with Crippen molar-refractivity contribution in [1.29, 1.82) is 0 Å². The van der Waals surface area contributed by atoms with Crippen LogP contribution in [0.25, 0.3) is 11.3 Å². The first-order valence-corrected chi connectivity index (χ1v) is 10.4. The van der Waals surface area contributed by atoms with Crippen molar-refractivity contribution in [3.63, 3.8) is 0 Å². The van der Waals surface area contributed by atoms with Crippen LogP contribution in [-0.4, -0.2) is 23.7 Å². The zero-order chi connectivity index (χ0) is 20.8. The quantitative estimate of drug-likeness (QED) is 0.591. The van der Waals surface area contributed by atoms with E-state index >= 15 is 0 Å². The zero-order valence-corrected chi connectivity index (χ0v) is 17.2. The summed E-state index contributed by atoms with van der Waals surface area (Å²) in [5.74, 6) is 1.43. The van der Waals surface area contributed by atoms with Crippen molar-refractivity contribution in [2.24, 2.45) is 0 Å². The Morgan fingerprint density at radius 3 is 2.50 bits per heavy atom. The van der Waals surface area contributed by atoms with Crippen molar-refractivity contribution < 1.29 is 14.1 Å². The van der Waals surface area contributed by atoms with Gasteiger partial charge in [-0.1, -0.05) is 54.8 Å². The molecule has 1 fully saturated rings. The Kier molecular flexibility index (Phi) is 6.02. The number of aromatic nitrogens is 1. The lowest BCUT2D eigenvalue weighted by Gasteiger charge is -2.37. The first kappa shape index (κ1) is 20.0. The fourth-order valence-corrected chi connectivity index (χ4v) is 3.99. The van der Waals surface area contributed by atoms with Crippen LogP contribution in [0.15, 0.2) is 65.2 Å². The van der Waals surface area contributed by atoms with Crippen molar-refractivity contribution in [3.05, 3.63) is 66.4 Å². The van der Waals surface area contributed by atoms with Gasteiger partial charge in [0.25, 0.3) is 0 Å². The largest absolute Gasteiger partial charge is 0.497 e.